The molecule has 0 aliphatic rings. The Bertz CT molecular complexity index is 1370. The molecule has 0 fully saturated rings. The Labute approximate surface area is 276 Å². The van der Waals surface area contributed by atoms with E-state index in [0.717, 1.165) is 59.1 Å². The Morgan fingerprint density at radius 1 is 0.435 bits per heavy atom. The molecule has 4 rings (SSSR count). The largest absolute Gasteiger partial charge is 0.459 e. The van der Waals surface area contributed by atoms with Gasteiger partial charge in [-0.1, -0.05) is 125 Å². The molecule has 0 bridgehead atoms. The number of hydrogen-bond donors (Lipinski definition) is 0. The zero-order valence-electron chi connectivity index (χ0n) is 28.1. The van der Waals surface area contributed by atoms with Crippen molar-refractivity contribution in [3.05, 3.63) is 108 Å². The maximum atomic E-state index is 12.6. The first-order valence-electron chi connectivity index (χ1n) is 17.2. The predicted octanol–water partition coefficient (Wildman–Crippen LogP) is 11.7. The highest BCUT2D eigenvalue weighted by Crippen LogP contribution is 2.28. The first-order valence-corrected chi connectivity index (χ1v) is 17.2. The summed E-state index contributed by atoms with van der Waals surface area (Å²) in [5.41, 5.74) is 7.72. The molecule has 4 nitrogen and oxygen atoms in total. The molecule has 2 atom stereocenters. The molecule has 0 radical (unpaired) electrons. The van der Waals surface area contributed by atoms with Crippen LogP contribution in [0.2, 0.25) is 0 Å². The van der Waals surface area contributed by atoms with E-state index in [4.69, 9.17) is 9.47 Å². The van der Waals surface area contributed by atoms with Crippen molar-refractivity contribution in [2.75, 3.05) is 0 Å². The molecule has 242 valence electrons. The second-order valence-corrected chi connectivity index (χ2v) is 12.4. The number of ether oxygens (including phenoxy) is 2. The number of carbonyl (C=O) groups is 2. The Kier molecular flexibility index (Phi) is 13.6. The summed E-state index contributed by atoms with van der Waals surface area (Å²) in [4.78, 5) is 25.2. The van der Waals surface area contributed by atoms with Gasteiger partial charge in [-0.3, -0.25) is 0 Å². The number of carbonyl (C=O) groups excluding carboxylic acids is 2. The zero-order chi connectivity index (χ0) is 32.7. The first kappa shape index (κ1) is 34.7. The van der Waals surface area contributed by atoms with Gasteiger partial charge >= 0.3 is 11.9 Å². The van der Waals surface area contributed by atoms with Gasteiger partial charge in [0, 0.05) is 0 Å². The normalized spacial score (nSPS) is 12.3. The van der Waals surface area contributed by atoms with Gasteiger partial charge in [-0.25, -0.2) is 9.59 Å². The second kappa shape index (κ2) is 18.1. The Hall–Kier alpha value is -4.18. The molecule has 46 heavy (non-hydrogen) atoms. The minimum absolute atomic E-state index is 0.0690. The molecule has 0 N–H and O–H groups in total. The van der Waals surface area contributed by atoms with Gasteiger partial charge in [-0.2, -0.15) is 0 Å². The zero-order valence-corrected chi connectivity index (χ0v) is 28.1. The Morgan fingerprint density at radius 3 is 0.957 bits per heavy atom. The average Bonchev–Trinajstić information content (AvgIpc) is 3.09. The quantitative estimate of drug-likeness (QED) is 0.0872. The van der Waals surface area contributed by atoms with Gasteiger partial charge in [-0.15, -0.1) is 0 Å². The summed E-state index contributed by atoms with van der Waals surface area (Å²) in [6, 6.07) is 32.2. The number of esters is 2. The van der Waals surface area contributed by atoms with Gasteiger partial charge in [0.15, 0.2) is 0 Å². The van der Waals surface area contributed by atoms with Crippen molar-refractivity contribution >= 4 is 11.9 Å². The molecule has 4 aromatic rings. The molecule has 4 heteroatoms. The van der Waals surface area contributed by atoms with Crippen LogP contribution < -0.4 is 0 Å². The van der Waals surface area contributed by atoms with E-state index < -0.39 is 0 Å². The fourth-order valence-electron chi connectivity index (χ4n) is 5.64. The molecule has 4 aromatic carbocycles. The highest BCUT2D eigenvalue weighted by Gasteiger charge is 2.14. The van der Waals surface area contributed by atoms with Crippen LogP contribution in [-0.2, 0) is 9.47 Å². The number of unbranched alkanes of at least 4 members (excludes halogenated alkanes) is 6. The molecule has 0 aliphatic heterocycles. The lowest BCUT2D eigenvalue weighted by atomic mass is 9.97. The van der Waals surface area contributed by atoms with Crippen LogP contribution in [0.4, 0.5) is 0 Å². The third kappa shape index (κ3) is 10.4. The first-order chi connectivity index (χ1) is 22.4. The topological polar surface area (TPSA) is 52.6 Å². The standard InChI is InChI=1S/C42H50O4/c1-5-7-9-11-13-31(3)45-41(43)39-27-23-37(24-28-39)35-19-15-33(16-20-35)34-17-21-36(22-18-34)38-25-29-40(30-26-38)42(44)46-32(4)14-12-10-8-6-2/h15-32H,5-14H2,1-4H3/t31-,32-/m0/s1. The summed E-state index contributed by atoms with van der Waals surface area (Å²) in [6.07, 6.45) is 11.1. The van der Waals surface area contributed by atoms with Gasteiger partial charge in [-0.05, 0) is 97.2 Å². The van der Waals surface area contributed by atoms with Crippen LogP contribution in [0.1, 0.15) is 113 Å². The molecule has 0 unspecified atom stereocenters. The highest BCUT2D eigenvalue weighted by molar-refractivity contribution is 5.91. The number of hydrogen-bond acceptors (Lipinski definition) is 4. The Balaban J connectivity index is 1.30. The van der Waals surface area contributed by atoms with E-state index in [1.54, 1.807) is 0 Å². The third-order valence-corrected chi connectivity index (χ3v) is 8.56. The van der Waals surface area contributed by atoms with Crippen LogP contribution >= 0.6 is 0 Å². The van der Waals surface area contributed by atoms with Gasteiger partial charge in [0.05, 0.1) is 23.3 Å². The molecule has 0 saturated heterocycles. The SMILES string of the molecule is CCCCCC[C@H](C)OC(=O)c1ccc(-c2ccc(-c3ccc(-c4ccc(C(=O)O[C@@H](C)CCCCCC)cc4)cc3)cc2)cc1. The molecule has 0 heterocycles. The van der Waals surface area contributed by atoms with Crippen molar-refractivity contribution in [1.29, 1.82) is 0 Å². The molecular formula is C42H50O4. The van der Waals surface area contributed by atoms with Gasteiger partial charge < -0.3 is 9.47 Å². The predicted molar refractivity (Wildman–Crippen MR) is 190 cm³/mol. The van der Waals surface area contributed by atoms with Crippen LogP contribution in [0.15, 0.2) is 97.1 Å². The van der Waals surface area contributed by atoms with E-state index in [2.05, 4.69) is 62.4 Å². The highest BCUT2D eigenvalue weighted by atomic mass is 16.5. The van der Waals surface area contributed by atoms with E-state index in [1.807, 2.05) is 62.4 Å². The van der Waals surface area contributed by atoms with E-state index >= 15 is 0 Å². The van der Waals surface area contributed by atoms with Crippen LogP contribution in [-0.4, -0.2) is 24.1 Å². The van der Waals surface area contributed by atoms with E-state index in [9.17, 15) is 9.59 Å². The lowest BCUT2D eigenvalue weighted by Crippen LogP contribution is -2.15. The molecule has 0 amide bonds. The lowest BCUT2D eigenvalue weighted by molar-refractivity contribution is 0.0309. The summed E-state index contributed by atoms with van der Waals surface area (Å²) >= 11 is 0. The van der Waals surface area contributed by atoms with Crippen molar-refractivity contribution < 1.29 is 19.1 Å². The third-order valence-electron chi connectivity index (χ3n) is 8.56. The average molecular weight is 619 g/mol. The smallest absolute Gasteiger partial charge is 0.338 e. The fraction of sp³-hybridized carbons (Fsp3) is 0.381. The van der Waals surface area contributed by atoms with E-state index in [-0.39, 0.29) is 24.1 Å². The number of benzene rings is 4. The maximum Gasteiger partial charge on any atom is 0.338 e. The Morgan fingerprint density at radius 2 is 0.696 bits per heavy atom. The van der Waals surface area contributed by atoms with Crippen molar-refractivity contribution in [2.24, 2.45) is 0 Å². The van der Waals surface area contributed by atoms with Crippen LogP contribution in [0.5, 0.6) is 0 Å². The summed E-state index contributed by atoms with van der Waals surface area (Å²) in [6.45, 7) is 8.34. The molecular weight excluding hydrogens is 568 g/mol. The molecule has 0 saturated carbocycles. The molecule has 0 aromatic heterocycles. The minimum atomic E-state index is -0.259. The van der Waals surface area contributed by atoms with Crippen LogP contribution in [0.25, 0.3) is 33.4 Å². The maximum absolute atomic E-state index is 12.6. The van der Waals surface area contributed by atoms with Crippen molar-refractivity contribution in [2.45, 2.75) is 104 Å². The molecule has 0 spiro atoms. The van der Waals surface area contributed by atoms with Gasteiger partial charge in [0.1, 0.15) is 0 Å². The van der Waals surface area contributed by atoms with Crippen LogP contribution in [0, 0.1) is 0 Å². The minimum Gasteiger partial charge on any atom is -0.459 e. The summed E-state index contributed by atoms with van der Waals surface area (Å²) < 4.78 is 11.3. The monoisotopic (exact) mass is 618 g/mol. The van der Waals surface area contributed by atoms with Crippen molar-refractivity contribution in [1.82, 2.24) is 0 Å². The van der Waals surface area contributed by atoms with Gasteiger partial charge in [0.2, 0.25) is 0 Å². The summed E-state index contributed by atoms with van der Waals surface area (Å²) in [5.74, 6) is -0.519. The second-order valence-electron chi connectivity index (χ2n) is 12.4. The lowest BCUT2D eigenvalue weighted by Gasteiger charge is -2.13. The van der Waals surface area contributed by atoms with E-state index in [1.165, 1.54) is 38.5 Å². The summed E-state index contributed by atoms with van der Waals surface area (Å²) in [7, 11) is 0. The van der Waals surface area contributed by atoms with E-state index in [0.29, 0.717) is 11.1 Å². The number of rotatable bonds is 17. The summed E-state index contributed by atoms with van der Waals surface area (Å²) in [5, 5.41) is 0. The van der Waals surface area contributed by atoms with Crippen molar-refractivity contribution in [3.8, 4) is 33.4 Å². The van der Waals surface area contributed by atoms with Crippen molar-refractivity contribution in [3.63, 3.8) is 0 Å². The van der Waals surface area contributed by atoms with Gasteiger partial charge in [0.25, 0.3) is 0 Å². The van der Waals surface area contributed by atoms with Crippen LogP contribution in [0.3, 0.4) is 0 Å². The fourth-order valence-corrected chi connectivity index (χ4v) is 5.64. The molecule has 0 aliphatic carbocycles.